The van der Waals surface area contributed by atoms with Crippen molar-refractivity contribution < 1.29 is 9.59 Å². The fourth-order valence-electron chi connectivity index (χ4n) is 3.87. The monoisotopic (exact) mass is 416 g/mol. The largest absolute Gasteiger partial charge is 0.355 e. The van der Waals surface area contributed by atoms with Crippen molar-refractivity contribution in [2.24, 2.45) is 0 Å². The molecule has 8 nitrogen and oxygen atoms in total. The number of hydrogen-bond acceptors (Lipinski definition) is 7. The van der Waals surface area contributed by atoms with Gasteiger partial charge in [0.05, 0.1) is 0 Å². The third-order valence-corrected chi connectivity index (χ3v) is 6.61. The number of aromatic nitrogens is 2. The van der Waals surface area contributed by atoms with Gasteiger partial charge in [-0.1, -0.05) is 11.3 Å². The number of rotatable bonds is 7. The number of piperazine rings is 1. The SMILES string of the molecule is O=C(CCC(=O)N1CCN(c2nc3cccnc3s2)CC1)NCCN1CCCC1. The minimum Gasteiger partial charge on any atom is -0.355 e. The van der Waals surface area contributed by atoms with E-state index in [1.54, 1.807) is 17.5 Å². The molecule has 4 rings (SSSR count). The summed E-state index contributed by atoms with van der Waals surface area (Å²) in [5.41, 5.74) is 0.918. The van der Waals surface area contributed by atoms with Gasteiger partial charge in [0.25, 0.3) is 0 Å². The predicted molar refractivity (Wildman–Crippen MR) is 114 cm³/mol. The van der Waals surface area contributed by atoms with E-state index in [0.717, 1.165) is 48.2 Å². The highest BCUT2D eigenvalue weighted by Crippen LogP contribution is 2.27. The molecular weight excluding hydrogens is 388 g/mol. The number of amides is 2. The molecule has 2 aliphatic heterocycles. The van der Waals surface area contributed by atoms with Gasteiger partial charge in [0.1, 0.15) is 10.3 Å². The van der Waals surface area contributed by atoms with Crippen LogP contribution in [0.4, 0.5) is 5.13 Å². The molecule has 2 fully saturated rings. The molecule has 2 aliphatic rings. The Kier molecular flexibility index (Phi) is 6.56. The molecule has 2 saturated heterocycles. The van der Waals surface area contributed by atoms with Crippen molar-refractivity contribution in [3.05, 3.63) is 18.3 Å². The molecule has 0 radical (unpaired) electrons. The highest BCUT2D eigenvalue weighted by molar-refractivity contribution is 7.21. The van der Waals surface area contributed by atoms with Gasteiger partial charge in [-0.2, -0.15) is 0 Å². The van der Waals surface area contributed by atoms with Crippen molar-refractivity contribution in [3.63, 3.8) is 0 Å². The molecule has 9 heteroatoms. The topological polar surface area (TPSA) is 81.7 Å². The zero-order chi connectivity index (χ0) is 20.1. The lowest BCUT2D eigenvalue weighted by Crippen LogP contribution is -2.49. The quantitative estimate of drug-likeness (QED) is 0.733. The molecule has 1 N–H and O–H groups in total. The first-order chi connectivity index (χ1) is 14.2. The van der Waals surface area contributed by atoms with Gasteiger partial charge >= 0.3 is 0 Å². The highest BCUT2D eigenvalue weighted by atomic mass is 32.1. The van der Waals surface area contributed by atoms with Crippen LogP contribution in [0.3, 0.4) is 0 Å². The fraction of sp³-hybridized carbons (Fsp3) is 0.600. The molecule has 4 heterocycles. The van der Waals surface area contributed by atoms with E-state index in [4.69, 9.17) is 0 Å². The Hall–Kier alpha value is -2.26. The number of likely N-dealkylation sites (tertiary alicyclic amines) is 1. The van der Waals surface area contributed by atoms with Crippen LogP contribution in [0.25, 0.3) is 10.3 Å². The van der Waals surface area contributed by atoms with E-state index < -0.39 is 0 Å². The van der Waals surface area contributed by atoms with Crippen molar-refractivity contribution in [2.45, 2.75) is 25.7 Å². The normalized spacial score (nSPS) is 17.8. The van der Waals surface area contributed by atoms with Crippen LogP contribution in [0.15, 0.2) is 18.3 Å². The van der Waals surface area contributed by atoms with Gasteiger partial charge in [-0.25, -0.2) is 9.97 Å². The summed E-state index contributed by atoms with van der Waals surface area (Å²) in [4.78, 5) is 40.8. The summed E-state index contributed by atoms with van der Waals surface area (Å²) >= 11 is 1.59. The molecule has 0 aliphatic carbocycles. The second kappa shape index (κ2) is 9.49. The van der Waals surface area contributed by atoms with Crippen molar-refractivity contribution in [2.75, 3.05) is 57.3 Å². The van der Waals surface area contributed by atoms with E-state index in [1.807, 2.05) is 17.0 Å². The summed E-state index contributed by atoms with van der Waals surface area (Å²) in [6, 6.07) is 3.86. The molecule has 156 valence electrons. The van der Waals surface area contributed by atoms with Crippen molar-refractivity contribution >= 4 is 38.6 Å². The Bertz CT molecular complexity index is 809. The van der Waals surface area contributed by atoms with Gasteiger partial charge in [0, 0.05) is 58.3 Å². The summed E-state index contributed by atoms with van der Waals surface area (Å²) in [6.07, 6.45) is 4.84. The summed E-state index contributed by atoms with van der Waals surface area (Å²) in [5.74, 6) is 0.0310. The van der Waals surface area contributed by atoms with Crippen LogP contribution in [-0.4, -0.2) is 83.9 Å². The fourth-order valence-corrected chi connectivity index (χ4v) is 4.83. The predicted octanol–water partition coefficient (Wildman–Crippen LogP) is 1.33. The van der Waals surface area contributed by atoms with E-state index >= 15 is 0 Å². The second-order valence-corrected chi connectivity index (χ2v) is 8.55. The number of nitrogens with zero attached hydrogens (tertiary/aromatic N) is 5. The maximum atomic E-state index is 12.5. The maximum absolute atomic E-state index is 12.5. The maximum Gasteiger partial charge on any atom is 0.223 e. The van der Waals surface area contributed by atoms with Crippen molar-refractivity contribution in [1.29, 1.82) is 0 Å². The van der Waals surface area contributed by atoms with Crippen LogP contribution >= 0.6 is 11.3 Å². The first kappa shape index (κ1) is 20.0. The molecule has 0 bridgehead atoms. The van der Waals surface area contributed by atoms with Crippen molar-refractivity contribution in [3.8, 4) is 0 Å². The lowest BCUT2D eigenvalue weighted by molar-refractivity contribution is -0.133. The van der Waals surface area contributed by atoms with Gasteiger partial charge in [0.2, 0.25) is 11.8 Å². The first-order valence-electron chi connectivity index (χ1n) is 10.4. The molecule has 2 aromatic heterocycles. The number of carbonyl (C=O) groups is 2. The molecule has 2 aromatic rings. The zero-order valence-electron chi connectivity index (χ0n) is 16.7. The lowest BCUT2D eigenvalue weighted by atomic mass is 10.2. The Labute approximate surface area is 174 Å². The summed E-state index contributed by atoms with van der Waals surface area (Å²) in [5, 5.41) is 3.90. The van der Waals surface area contributed by atoms with Crippen LogP contribution in [-0.2, 0) is 9.59 Å². The molecular formula is C20H28N6O2S. The first-order valence-corrected chi connectivity index (χ1v) is 11.2. The molecule has 0 unspecified atom stereocenters. The summed E-state index contributed by atoms with van der Waals surface area (Å²) < 4.78 is 0. The Morgan fingerprint density at radius 3 is 2.62 bits per heavy atom. The minimum absolute atomic E-state index is 0.0295. The minimum atomic E-state index is -0.0295. The third kappa shape index (κ3) is 5.22. The van der Waals surface area contributed by atoms with Crippen LogP contribution in [0.2, 0.25) is 0 Å². The van der Waals surface area contributed by atoms with Crippen LogP contribution in [0, 0.1) is 0 Å². The highest BCUT2D eigenvalue weighted by Gasteiger charge is 2.23. The number of carbonyl (C=O) groups excluding carboxylic acids is 2. The van der Waals surface area contributed by atoms with Gasteiger partial charge in [-0.3, -0.25) is 9.59 Å². The Balaban J connectivity index is 1.16. The van der Waals surface area contributed by atoms with Crippen LogP contribution in [0.1, 0.15) is 25.7 Å². The van der Waals surface area contributed by atoms with E-state index in [1.165, 1.54) is 12.8 Å². The summed E-state index contributed by atoms with van der Waals surface area (Å²) in [7, 11) is 0. The smallest absolute Gasteiger partial charge is 0.223 e. The van der Waals surface area contributed by atoms with Gasteiger partial charge < -0.3 is 20.0 Å². The van der Waals surface area contributed by atoms with Crippen LogP contribution in [0.5, 0.6) is 0 Å². The average molecular weight is 417 g/mol. The van der Waals surface area contributed by atoms with E-state index in [2.05, 4.69) is 25.1 Å². The van der Waals surface area contributed by atoms with E-state index in [9.17, 15) is 9.59 Å². The summed E-state index contributed by atoms with van der Waals surface area (Å²) in [6.45, 7) is 6.69. The standard InChI is InChI=1S/C20H28N6O2S/c27-17(21-8-11-24-9-1-2-10-24)5-6-18(28)25-12-14-26(15-13-25)20-23-16-4-3-7-22-19(16)29-20/h3-4,7H,1-2,5-6,8-15H2,(H,21,27). The Morgan fingerprint density at radius 2 is 1.86 bits per heavy atom. The lowest BCUT2D eigenvalue weighted by Gasteiger charge is -2.34. The Morgan fingerprint density at radius 1 is 1.07 bits per heavy atom. The molecule has 0 aromatic carbocycles. The van der Waals surface area contributed by atoms with Gasteiger partial charge in [0.15, 0.2) is 5.13 Å². The number of hydrogen-bond donors (Lipinski definition) is 1. The number of pyridine rings is 1. The van der Waals surface area contributed by atoms with Crippen molar-refractivity contribution in [1.82, 2.24) is 25.1 Å². The second-order valence-electron chi connectivity index (χ2n) is 7.59. The molecule has 0 atom stereocenters. The average Bonchev–Trinajstić information content (AvgIpc) is 3.42. The van der Waals surface area contributed by atoms with E-state index in [0.29, 0.717) is 19.6 Å². The van der Waals surface area contributed by atoms with Gasteiger partial charge in [-0.05, 0) is 38.1 Å². The molecule has 29 heavy (non-hydrogen) atoms. The number of nitrogens with one attached hydrogen (secondary N) is 1. The third-order valence-electron chi connectivity index (χ3n) is 5.57. The molecule has 2 amide bonds. The van der Waals surface area contributed by atoms with Gasteiger partial charge in [-0.15, -0.1) is 0 Å². The number of thiazole rings is 1. The van der Waals surface area contributed by atoms with E-state index in [-0.39, 0.29) is 24.7 Å². The molecule has 0 saturated carbocycles. The number of anilines is 1. The molecule has 0 spiro atoms. The number of fused-ring (bicyclic) bond motifs is 1. The van der Waals surface area contributed by atoms with Crippen LogP contribution < -0.4 is 10.2 Å². The zero-order valence-corrected chi connectivity index (χ0v) is 17.5.